The summed E-state index contributed by atoms with van der Waals surface area (Å²) in [5, 5.41) is 2.83. The maximum Gasteiger partial charge on any atom is 0.330 e. The Bertz CT molecular complexity index is 1210. The van der Waals surface area contributed by atoms with Crippen LogP contribution in [-0.4, -0.2) is 31.6 Å². The van der Waals surface area contributed by atoms with E-state index in [0.717, 1.165) is 16.6 Å². The molecule has 7 nitrogen and oxygen atoms in total. The number of amides is 1. The Labute approximate surface area is 167 Å². The minimum Gasteiger partial charge on any atom is -0.350 e. The van der Waals surface area contributed by atoms with Crippen LogP contribution in [0.25, 0.3) is 11.2 Å². The van der Waals surface area contributed by atoms with Crippen molar-refractivity contribution in [2.75, 3.05) is 6.54 Å². The van der Waals surface area contributed by atoms with Crippen molar-refractivity contribution in [2.24, 2.45) is 0 Å². The Morgan fingerprint density at radius 2 is 1.93 bits per heavy atom. The van der Waals surface area contributed by atoms with Gasteiger partial charge in [0.1, 0.15) is 0 Å². The highest BCUT2D eigenvalue weighted by molar-refractivity contribution is 5.93. The molecule has 29 heavy (non-hydrogen) atoms. The zero-order valence-electron chi connectivity index (χ0n) is 16.1. The minimum absolute atomic E-state index is 0.143. The van der Waals surface area contributed by atoms with Gasteiger partial charge in [0.25, 0.3) is 5.91 Å². The summed E-state index contributed by atoms with van der Waals surface area (Å²) in [4.78, 5) is 33.6. The van der Waals surface area contributed by atoms with Crippen LogP contribution in [-0.2, 0) is 13.1 Å². The van der Waals surface area contributed by atoms with Gasteiger partial charge in [0.05, 0.1) is 17.6 Å². The molecule has 0 aliphatic rings. The molecule has 0 atom stereocenters. The number of hydrogen-bond donors (Lipinski definition) is 1. The van der Waals surface area contributed by atoms with E-state index >= 15 is 0 Å². The van der Waals surface area contributed by atoms with Gasteiger partial charge < -0.3 is 5.32 Å². The van der Waals surface area contributed by atoms with Crippen LogP contribution in [0.4, 0.5) is 0 Å². The van der Waals surface area contributed by atoms with Gasteiger partial charge in [0.2, 0.25) is 0 Å². The van der Waals surface area contributed by atoms with E-state index < -0.39 is 0 Å². The number of benzene rings is 1. The molecule has 4 aromatic rings. The summed E-state index contributed by atoms with van der Waals surface area (Å²) in [5.74, 6) is -0.220. The summed E-state index contributed by atoms with van der Waals surface area (Å²) in [6.45, 7) is 3.15. The molecule has 0 aliphatic carbocycles. The van der Waals surface area contributed by atoms with Crippen molar-refractivity contribution in [3.8, 4) is 0 Å². The van der Waals surface area contributed by atoms with Gasteiger partial charge in [-0.1, -0.05) is 29.8 Å². The molecule has 3 heterocycles. The number of aryl methyl sites for hydroxylation is 1. The SMILES string of the molecule is Cc1cccc(Cn2c(=O)n(CCNC(=O)c3cccnc3)c3ncccc32)c1. The number of carbonyl (C=O) groups excluding carboxylic acids is 1. The van der Waals surface area contributed by atoms with Gasteiger partial charge in [-0.2, -0.15) is 0 Å². The van der Waals surface area contributed by atoms with E-state index in [-0.39, 0.29) is 11.6 Å². The average Bonchev–Trinajstić information content (AvgIpc) is 3.00. The van der Waals surface area contributed by atoms with Crippen LogP contribution in [0.5, 0.6) is 0 Å². The van der Waals surface area contributed by atoms with Crippen molar-refractivity contribution in [1.82, 2.24) is 24.4 Å². The Kier molecular flexibility index (Phi) is 5.20. The van der Waals surface area contributed by atoms with E-state index in [1.807, 2.05) is 37.3 Å². The number of nitrogens with one attached hydrogen (secondary N) is 1. The fourth-order valence-corrected chi connectivity index (χ4v) is 3.37. The van der Waals surface area contributed by atoms with Crippen LogP contribution < -0.4 is 11.0 Å². The Morgan fingerprint density at radius 1 is 1.07 bits per heavy atom. The number of hydrogen-bond acceptors (Lipinski definition) is 4. The minimum atomic E-state index is -0.220. The summed E-state index contributed by atoms with van der Waals surface area (Å²) in [6, 6.07) is 15.2. The first-order chi connectivity index (χ1) is 14.1. The molecule has 0 saturated heterocycles. The predicted octanol–water partition coefficient (Wildman–Crippen LogP) is 2.38. The van der Waals surface area contributed by atoms with Crippen LogP contribution in [0.2, 0.25) is 0 Å². The number of nitrogens with zero attached hydrogens (tertiary/aromatic N) is 4. The molecule has 3 aromatic heterocycles. The highest BCUT2D eigenvalue weighted by atomic mass is 16.2. The molecular formula is C22H21N5O2. The number of carbonyl (C=O) groups is 1. The van der Waals surface area contributed by atoms with Crippen molar-refractivity contribution in [3.05, 3.63) is 94.3 Å². The lowest BCUT2D eigenvalue weighted by molar-refractivity contribution is 0.0952. The molecule has 0 unspecified atom stereocenters. The summed E-state index contributed by atoms with van der Waals surface area (Å²) >= 11 is 0. The number of pyridine rings is 2. The number of rotatable bonds is 6. The predicted molar refractivity (Wildman–Crippen MR) is 111 cm³/mol. The van der Waals surface area contributed by atoms with Crippen molar-refractivity contribution in [2.45, 2.75) is 20.0 Å². The van der Waals surface area contributed by atoms with E-state index in [4.69, 9.17) is 0 Å². The molecule has 146 valence electrons. The van der Waals surface area contributed by atoms with Crippen molar-refractivity contribution in [3.63, 3.8) is 0 Å². The second-order valence-electron chi connectivity index (χ2n) is 6.85. The second kappa shape index (κ2) is 8.10. The molecule has 0 radical (unpaired) electrons. The molecule has 1 aromatic carbocycles. The molecule has 0 saturated carbocycles. The quantitative estimate of drug-likeness (QED) is 0.551. The molecule has 0 fully saturated rings. The highest BCUT2D eigenvalue weighted by Gasteiger charge is 2.14. The van der Waals surface area contributed by atoms with E-state index in [2.05, 4.69) is 21.4 Å². The number of imidazole rings is 1. The smallest absolute Gasteiger partial charge is 0.330 e. The Morgan fingerprint density at radius 3 is 2.72 bits per heavy atom. The third-order valence-corrected chi connectivity index (χ3v) is 4.74. The lowest BCUT2D eigenvalue weighted by atomic mass is 10.1. The topological polar surface area (TPSA) is 81.8 Å². The fraction of sp³-hybridized carbons (Fsp3) is 0.182. The number of aromatic nitrogens is 4. The lowest BCUT2D eigenvalue weighted by Gasteiger charge is -2.06. The molecular weight excluding hydrogens is 366 g/mol. The average molecular weight is 387 g/mol. The molecule has 7 heteroatoms. The van der Waals surface area contributed by atoms with Gasteiger partial charge >= 0.3 is 5.69 Å². The molecule has 4 rings (SSSR count). The monoisotopic (exact) mass is 387 g/mol. The molecule has 0 spiro atoms. The van der Waals surface area contributed by atoms with Crippen LogP contribution in [0.1, 0.15) is 21.5 Å². The number of fused-ring (bicyclic) bond motifs is 1. The van der Waals surface area contributed by atoms with Crippen molar-refractivity contribution in [1.29, 1.82) is 0 Å². The van der Waals surface area contributed by atoms with Gasteiger partial charge in [-0.15, -0.1) is 0 Å². The van der Waals surface area contributed by atoms with E-state index in [9.17, 15) is 9.59 Å². The van der Waals surface area contributed by atoms with Gasteiger partial charge in [-0.3, -0.25) is 18.9 Å². The van der Waals surface area contributed by atoms with Gasteiger partial charge in [0, 0.05) is 31.7 Å². The van der Waals surface area contributed by atoms with E-state index in [1.54, 1.807) is 33.7 Å². The summed E-state index contributed by atoms with van der Waals surface area (Å²) < 4.78 is 3.33. The summed E-state index contributed by atoms with van der Waals surface area (Å²) in [7, 11) is 0. The lowest BCUT2D eigenvalue weighted by Crippen LogP contribution is -2.32. The maximum atomic E-state index is 13.1. The van der Waals surface area contributed by atoms with Crippen molar-refractivity contribution >= 4 is 17.1 Å². The van der Waals surface area contributed by atoms with Crippen LogP contribution >= 0.6 is 0 Å². The van der Waals surface area contributed by atoms with E-state index in [0.29, 0.717) is 30.8 Å². The summed E-state index contributed by atoms with van der Waals surface area (Å²) in [5.41, 5.74) is 3.93. The van der Waals surface area contributed by atoms with Gasteiger partial charge in [-0.05, 0) is 36.8 Å². The third-order valence-electron chi connectivity index (χ3n) is 4.74. The first kappa shape index (κ1) is 18.6. The molecule has 0 aliphatic heterocycles. The van der Waals surface area contributed by atoms with Crippen molar-refractivity contribution < 1.29 is 4.79 Å². The van der Waals surface area contributed by atoms with Gasteiger partial charge in [-0.25, -0.2) is 9.78 Å². The van der Waals surface area contributed by atoms with Gasteiger partial charge in [0.15, 0.2) is 5.65 Å². The van der Waals surface area contributed by atoms with Crippen LogP contribution in [0, 0.1) is 6.92 Å². The first-order valence-corrected chi connectivity index (χ1v) is 9.41. The molecule has 1 amide bonds. The zero-order valence-corrected chi connectivity index (χ0v) is 16.1. The fourth-order valence-electron chi connectivity index (χ4n) is 3.37. The third kappa shape index (κ3) is 3.94. The van der Waals surface area contributed by atoms with E-state index in [1.165, 1.54) is 6.20 Å². The Balaban J connectivity index is 1.57. The maximum absolute atomic E-state index is 13.1. The largest absolute Gasteiger partial charge is 0.350 e. The molecule has 1 N–H and O–H groups in total. The van der Waals surface area contributed by atoms with Crippen LogP contribution in [0.15, 0.2) is 71.9 Å². The molecule has 0 bridgehead atoms. The standard InChI is InChI=1S/C22H21N5O2/c1-16-5-2-6-17(13-16)15-27-19-8-4-10-24-20(19)26(22(27)29)12-11-25-21(28)18-7-3-9-23-14-18/h2-10,13-14H,11-12,15H2,1H3,(H,25,28). The normalized spacial score (nSPS) is 10.9. The first-order valence-electron chi connectivity index (χ1n) is 9.41. The second-order valence-corrected chi connectivity index (χ2v) is 6.85. The highest BCUT2D eigenvalue weighted by Crippen LogP contribution is 2.13. The zero-order chi connectivity index (χ0) is 20.2. The van der Waals surface area contributed by atoms with Crippen LogP contribution in [0.3, 0.4) is 0 Å². The Hall–Kier alpha value is -3.74. The summed E-state index contributed by atoms with van der Waals surface area (Å²) in [6.07, 6.45) is 4.80.